The van der Waals surface area contributed by atoms with Crippen LogP contribution in [0.4, 0.5) is 9.18 Å². The van der Waals surface area contributed by atoms with Crippen molar-refractivity contribution in [3.63, 3.8) is 0 Å². The Labute approximate surface area is 108 Å². The van der Waals surface area contributed by atoms with Gasteiger partial charge in [-0.2, -0.15) is 0 Å². The summed E-state index contributed by atoms with van der Waals surface area (Å²) in [6, 6.07) is 5.94. The normalized spacial score (nSPS) is 13.0. The Morgan fingerprint density at radius 3 is 2.22 bits per heavy atom. The van der Waals surface area contributed by atoms with E-state index in [1.807, 2.05) is 27.7 Å². The quantitative estimate of drug-likeness (QED) is 0.803. The van der Waals surface area contributed by atoms with Crippen molar-refractivity contribution in [3.05, 3.63) is 35.6 Å². The van der Waals surface area contributed by atoms with Gasteiger partial charge < -0.3 is 9.64 Å². The van der Waals surface area contributed by atoms with Gasteiger partial charge in [0.1, 0.15) is 11.4 Å². The van der Waals surface area contributed by atoms with E-state index in [0.717, 1.165) is 5.56 Å². The number of carbonyl (C=O) groups excluding carboxylic acids is 1. The highest BCUT2D eigenvalue weighted by molar-refractivity contribution is 5.68. The molecule has 1 aromatic carbocycles. The van der Waals surface area contributed by atoms with Crippen LogP contribution in [0.1, 0.15) is 39.3 Å². The van der Waals surface area contributed by atoms with E-state index in [4.69, 9.17) is 4.74 Å². The number of nitrogens with zero attached hydrogens (tertiary/aromatic N) is 1. The summed E-state index contributed by atoms with van der Waals surface area (Å²) in [6.07, 6.45) is -0.390. The predicted molar refractivity (Wildman–Crippen MR) is 68.8 cm³/mol. The van der Waals surface area contributed by atoms with Crippen LogP contribution in [0, 0.1) is 5.82 Å². The summed E-state index contributed by atoms with van der Waals surface area (Å²) in [6.45, 7) is 7.33. The second-order valence-electron chi connectivity index (χ2n) is 5.32. The Hall–Kier alpha value is -1.58. The molecular weight excluding hydrogens is 233 g/mol. The molecule has 0 saturated carbocycles. The van der Waals surface area contributed by atoms with Crippen LogP contribution in [0.2, 0.25) is 0 Å². The van der Waals surface area contributed by atoms with E-state index in [1.54, 1.807) is 19.2 Å². The summed E-state index contributed by atoms with van der Waals surface area (Å²) in [4.78, 5) is 13.4. The Morgan fingerprint density at radius 1 is 1.28 bits per heavy atom. The number of carbonyl (C=O) groups is 1. The molecule has 1 atom stereocenters. The molecule has 1 amide bonds. The van der Waals surface area contributed by atoms with Crippen molar-refractivity contribution < 1.29 is 13.9 Å². The smallest absolute Gasteiger partial charge is 0.410 e. The summed E-state index contributed by atoms with van der Waals surface area (Å²) in [5, 5.41) is 0. The fraction of sp³-hybridized carbons (Fsp3) is 0.500. The molecule has 18 heavy (non-hydrogen) atoms. The van der Waals surface area contributed by atoms with Gasteiger partial charge in [-0.15, -0.1) is 0 Å². The van der Waals surface area contributed by atoms with Crippen LogP contribution in [0.5, 0.6) is 0 Å². The van der Waals surface area contributed by atoms with Gasteiger partial charge >= 0.3 is 6.09 Å². The highest BCUT2D eigenvalue weighted by Crippen LogP contribution is 2.21. The van der Waals surface area contributed by atoms with Crippen LogP contribution in [-0.2, 0) is 4.74 Å². The van der Waals surface area contributed by atoms with Gasteiger partial charge in [0.05, 0.1) is 6.04 Å². The van der Waals surface area contributed by atoms with E-state index in [9.17, 15) is 9.18 Å². The largest absolute Gasteiger partial charge is 0.444 e. The van der Waals surface area contributed by atoms with Gasteiger partial charge in [-0.25, -0.2) is 9.18 Å². The number of hydrogen-bond acceptors (Lipinski definition) is 2. The van der Waals surface area contributed by atoms with Gasteiger partial charge in [0.2, 0.25) is 0 Å². The van der Waals surface area contributed by atoms with E-state index in [1.165, 1.54) is 17.0 Å². The van der Waals surface area contributed by atoms with Crippen LogP contribution < -0.4 is 0 Å². The fourth-order valence-electron chi connectivity index (χ4n) is 1.46. The lowest BCUT2D eigenvalue weighted by Gasteiger charge is -2.28. The topological polar surface area (TPSA) is 29.5 Å². The van der Waals surface area contributed by atoms with Gasteiger partial charge in [-0.1, -0.05) is 12.1 Å². The third-order valence-corrected chi connectivity index (χ3v) is 2.61. The molecule has 0 spiro atoms. The summed E-state index contributed by atoms with van der Waals surface area (Å²) in [7, 11) is 1.67. The van der Waals surface area contributed by atoms with E-state index in [-0.39, 0.29) is 18.0 Å². The van der Waals surface area contributed by atoms with Crippen molar-refractivity contribution in [1.29, 1.82) is 0 Å². The first-order valence-electron chi connectivity index (χ1n) is 5.92. The first-order valence-corrected chi connectivity index (χ1v) is 5.92. The van der Waals surface area contributed by atoms with Crippen molar-refractivity contribution in [3.8, 4) is 0 Å². The average molecular weight is 253 g/mol. The monoisotopic (exact) mass is 253 g/mol. The maximum atomic E-state index is 12.8. The van der Waals surface area contributed by atoms with Gasteiger partial charge in [0.25, 0.3) is 0 Å². The Morgan fingerprint density at radius 2 is 1.78 bits per heavy atom. The third-order valence-electron chi connectivity index (χ3n) is 2.61. The van der Waals surface area contributed by atoms with Crippen LogP contribution in [0.15, 0.2) is 24.3 Å². The van der Waals surface area contributed by atoms with Crippen molar-refractivity contribution in [2.45, 2.75) is 39.3 Å². The van der Waals surface area contributed by atoms with Crippen molar-refractivity contribution >= 4 is 6.09 Å². The van der Waals surface area contributed by atoms with Crippen LogP contribution >= 0.6 is 0 Å². The summed E-state index contributed by atoms with van der Waals surface area (Å²) in [5.74, 6) is -0.286. The van der Waals surface area contributed by atoms with E-state index in [0.29, 0.717) is 0 Å². The Balaban J connectivity index is 2.74. The Bertz CT molecular complexity index is 409. The number of halogens is 1. The van der Waals surface area contributed by atoms with Gasteiger partial charge in [-0.3, -0.25) is 0 Å². The minimum absolute atomic E-state index is 0.166. The first-order chi connectivity index (χ1) is 8.20. The van der Waals surface area contributed by atoms with Gasteiger partial charge in [0, 0.05) is 7.05 Å². The molecule has 0 aliphatic carbocycles. The molecule has 100 valence electrons. The molecule has 0 saturated heterocycles. The zero-order valence-corrected chi connectivity index (χ0v) is 11.5. The summed E-state index contributed by atoms with van der Waals surface area (Å²) in [5.41, 5.74) is 0.346. The lowest BCUT2D eigenvalue weighted by atomic mass is 10.1. The van der Waals surface area contributed by atoms with Gasteiger partial charge in [-0.05, 0) is 45.4 Å². The zero-order valence-electron chi connectivity index (χ0n) is 11.5. The minimum Gasteiger partial charge on any atom is -0.444 e. The van der Waals surface area contributed by atoms with Gasteiger partial charge in [0.15, 0.2) is 0 Å². The number of amides is 1. The van der Waals surface area contributed by atoms with Crippen molar-refractivity contribution in [2.75, 3.05) is 7.05 Å². The molecule has 0 heterocycles. The standard InChI is InChI=1S/C14H20FNO2/c1-10(11-6-8-12(15)9-7-11)16(5)13(17)18-14(2,3)4/h6-10H,1-5H3. The van der Waals surface area contributed by atoms with Crippen molar-refractivity contribution in [2.24, 2.45) is 0 Å². The second-order valence-corrected chi connectivity index (χ2v) is 5.32. The molecule has 3 nitrogen and oxygen atoms in total. The van der Waals surface area contributed by atoms with E-state index >= 15 is 0 Å². The van der Waals surface area contributed by atoms with Crippen LogP contribution in [0.3, 0.4) is 0 Å². The molecule has 0 aliphatic heterocycles. The zero-order chi connectivity index (χ0) is 13.9. The molecular formula is C14H20FNO2. The highest BCUT2D eigenvalue weighted by atomic mass is 19.1. The van der Waals surface area contributed by atoms with E-state index < -0.39 is 5.60 Å². The molecule has 0 aliphatic rings. The molecule has 4 heteroatoms. The average Bonchev–Trinajstić information content (AvgIpc) is 2.26. The van der Waals surface area contributed by atoms with Crippen LogP contribution in [-0.4, -0.2) is 23.6 Å². The molecule has 0 bridgehead atoms. The SMILES string of the molecule is CC(c1ccc(F)cc1)N(C)C(=O)OC(C)(C)C. The highest BCUT2D eigenvalue weighted by Gasteiger charge is 2.23. The molecule has 0 aromatic heterocycles. The molecule has 1 rings (SSSR count). The maximum Gasteiger partial charge on any atom is 0.410 e. The Kier molecular flexibility index (Phi) is 4.33. The second kappa shape index (κ2) is 5.38. The van der Waals surface area contributed by atoms with Crippen molar-refractivity contribution in [1.82, 2.24) is 4.90 Å². The molecule has 0 fully saturated rings. The number of hydrogen-bond donors (Lipinski definition) is 0. The number of rotatable bonds is 2. The number of ether oxygens (including phenoxy) is 1. The van der Waals surface area contributed by atoms with E-state index in [2.05, 4.69) is 0 Å². The third kappa shape index (κ3) is 4.02. The molecule has 1 unspecified atom stereocenters. The summed E-state index contributed by atoms with van der Waals surface area (Å²) < 4.78 is 18.1. The summed E-state index contributed by atoms with van der Waals surface area (Å²) >= 11 is 0. The van der Waals surface area contributed by atoms with Crippen LogP contribution in [0.25, 0.3) is 0 Å². The minimum atomic E-state index is -0.520. The molecule has 0 radical (unpaired) electrons. The fourth-order valence-corrected chi connectivity index (χ4v) is 1.46. The molecule has 1 aromatic rings. The molecule has 0 N–H and O–H groups in total. The first kappa shape index (κ1) is 14.5. The number of benzene rings is 1. The lowest BCUT2D eigenvalue weighted by Crippen LogP contribution is -2.35. The predicted octanol–water partition coefficient (Wildman–Crippen LogP) is 3.75. The lowest BCUT2D eigenvalue weighted by molar-refractivity contribution is 0.0234. The maximum absolute atomic E-state index is 12.8.